The average Bonchev–Trinajstić information content (AvgIpc) is 2.16. The van der Waals surface area contributed by atoms with Gasteiger partial charge in [0.1, 0.15) is 0 Å². The maximum Gasteiger partial charge on any atom is 0.416 e. The molecule has 5 heteroatoms. The van der Waals surface area contributed by atoms with E-state index in [2.05, 4.69) is 15.9 Å². The van der Waals surface area contributed by atoms with E-state index in [1.165, 1.54) is 0 Å². The lowest BCUT2D eigenvalue weighted by Crippen LogP contribution is -2.12. The summed E-state index contributed by atoms with van der Waals surface area (Å²) in [5.41, 5.74) is 5.65. The Hall–Kier alpha value is -0.550. The third-order valence-corrected chi connectivity index (χ3v) is 2.73. The number of rotatable bonds is 3. The summed E-state index contributed by atoms with van der Waals surface area (Å²) in [5.74, 6) is 0. The van der Waals surface area contributed by atoms with Crippen molar-refractivity contribution >= 4 is 15.9 Å². The predicted molar refractivity (Wildman–Crippen MR) is 61.0 cm³/mol. The van der Waals surface area contributed by atoms with E-state index in [0.717, 1.165) is 18.6 Å². The van der Waals surface area contributed by atoms with Crippen LogP contribution in [0.1, 0.15) is 36.9 Å². The molecule has 0 heterocycles. The molecule has 1 rings (SSSR count). The Labute approximate surface area is 101 Å². The molecule has 0 unspecified atom stereocenters. The molecule has 0 fully saturated rings. The fourth-order valence-corrected chi connectivity index (χ4v) is 1.98. The molecule has 0 bridgehead atoms. The Morgan fingerprint density at radius 2 is 1.94 bits per heavy atom. The highest BCUT2D eigenvalue weighted by Crippen LogP contribution is 2.33. The molecule has 1 aromatic carbocycles. The van der Waals surface area contributed by atoms with Crippen molar-refractivity contribution < 1.29 is 13.2 Å². The smallest absolute Gasteiger partial charge is 0.324 e. The molecule has 1 aromatic rings. The van der Waals surface area contributed by atoms with Crippen LogP contribution in [0.5, 0.6) is 0 Å². The van der Waals surface area contributed by atoms with Crippen molar-refractivity contribution in [2.75, 3.05) is 0 Å². The topological polar surface area (TPSA) is 26.0 Å². The van der Waals surface area contributed by atoms with Crippen LogP contribution in [-0.4, -0.2) is 0 Å². The second-order valence-corrected chi connectivity index (χ2v) is 4.58. The number of halogens is 4. The Bertz CT molecular complexity index is 363. The molecule has 0 aliphatic carbocycles. The molecular formula is C11H13BrF3N. The second-order valence-electron chi connectivity index (χ2n) is 3.67. The van der Waals surface area contributed by atoms with Gasteiger partial charge in [-0.3, -0.25) is 0 Å². The zero-order chi connectivity index (χ0) is 12.3. The summed E-state index contributed by atoms with van der Waals surface area (Å²) < 4.78 is 38.0. The highest BCUT2D eigenvalue weighted by molar-refractivity contribution is 9.10. The molecule has 0 amide bonds. The van der Waals surface area contributed by atoms with Crippen LogP contribution in [-0.2, 0) is 6.18 Å². The summed E-state index contributed by atoms with van der Waals surface area (Å²) in [6, 6.07) is 3.46. The minimum Gasteiger partial charge on any atom is -0.324 e. The molecule has 0 spiro atoms. The van der Waals surface area contributed by atoms with Crippen molar-refractivity contribution in [2.45, 2.75) is 32.0 Å². The summed E-state index contributed by atoms with van der Waals surface area (Å²) in [4.78, 5) is 0. The van der Waals surface area contributed by atoms with E-state index in [1.807, 2.05) is 6.92 Å². The van der Waals surface area contributed by atoms with Crippen molar-refractivity contribution in [1.29, 1.82) is 0 Å². The van der Waals surface area contributed by atoms with Gasteiger partial charge < -0.3 is 5.73 Å². The average molecular weight is 296 g/mol. The first-order valence-electron chi connectivity index (χ1n) is 4.98. The Balaban J connectivity index is 3.08. The van der Waals surface area contributed by atoms with Crippen molar-refractivity contribution in [1.82, 2.24) is 0 Å². The summed E-state index contributed by atoms with van der Waals surface area (Å²) >= 11 is 3.07. The van der Waals surface area contributed by atoms with Gasteiger partial charge in [0.2, 0.25) is 0 Å². The third kappa shape index (κ3) is 3.49. The lowest BCUT2D eigenvalue weighted by molar-refractivity contribution is -0.137. The first-order valence-corrected chi connectivity index (χ1v) is 5.77. The Kier molecular flexibility index (Phi) is 4.38. The first-order chi connectivity index (χ1) is 7.34. The van der Waals surface area contributed by atoms with Crippen LogP contribution in [0.3, 0.4) is 0 Å². The van der Waals surface area contributed by atoms with Crippen LogP contribution in [0, 0.1) is 0 Å². The minimum atomic E-state index is -4.33. The highest BCUT2D eigenvalue weighted by atomic mass is 79.9. The number of nitrogens with two attached hydrogens (primary N) is 1. The van der Waals surface area contributed by atoms with Gasteiger partial charge >= 0.3 is 6.18 Å². The monoisotopic (exact) mass is 295 g/mol. The van der Waals surface area contributed by atoms with Gasteiger partial charge in [-0.25, -0.2) is 0 Å². The molecular weight excluding hydrogens is 283 g/mol. The summed E-state index contributed by atoms with van der Waals surface area (Å²) in [6.45, 7) is 1.95. The zero-order valence-corrected chi connectivity index (χ0v) is 10.4. The second kappa shape index (κ2) is 5.19. The largest absolute Gasteiger partial charge is 0.416 e. The van der Waals surface area contributed by atoms with Gasteiger partial charge in [-0.05, 0) is 30.2 Å². The van der Waals surface area contributed by atoms with Crippen molar-refractivity contribution in [3.8, 4) is 0 Å². The zero-order valence-electron chi connectivity index (χ0n) is 8.81. The summed E-state index contributed by atoms with van der Waals surface area (Å²) in [6.07, 6.45) is -2.81. The van der Waals surface area contributed by atoms with Gasteiger partial charge in [0.25, 0.3) is 0 Å². The van der Waals surface area contributed by atoms with E-state index < -0.39 is 11.7 Å². The maximum atomic E-state index is 12.5. The van der Waals surface area contributed by atoms with Crippen LogP contribution in [0.4, 0.5) is 13.2 Å². The molecule has 90 valence electrons. The fourth-order valence-electron chi connectivity index (χ4n) is 1.47. The van der Waals surface area contributed by atoms with Crippen molar-refractivity contribution in [3.05, 3.63) is 33.8 Å². The van der Waals surface area contributed by atoms with Crippen LogP contribution < -0.4 is 5.73 Å². The molecule has 2 N–H and O–H groups in total. The molecule has 0 radical (unpaired) electrons. The Morgan fingerprint density at radius 1 is 1.31 bits per heavy atom. The van der Waals surface area contributed by atoms with Gasteiger partial charge in [0.15, 0.2) is 0 Å². The molecule has 0 saturated heterocycles. The predicted octanol–water partition coefficient (Wildman–Crippen LogP) is 4.27. The van der Waals surface area contributed by atoms with Gasteiger partial charge in [-0.2, -0.15) is 13.2 Å². The molecule has 1 nitrogen and oxygen atoms in total. The van der Waals surface area contributed by atoms with Crippen LogP contribution >= 0.6 is 15.9 Å². The van der Waals surface area contributed by atoms with Gasteiger partial charge in [-0.1, -0.05) is 29.3 Å². The van der Waals surface area contributed by atoms with Crippen LogP contribution in [0.25, 0.3) is 0 Å². The van der Waals surface area contributed by atoms with Gasteiger partial charge in [0.05, 0.1) is 5.56 Å². The lowest BCUT2D eigenvalue weighted by Gasteiger charge is -2.14. The third-order valence-electron chi connectivity index (χ3n) is 2.28. The number of hydrogen-bond donors (Lipinski definition) is 1. The molecule has 0 aliphatic rings. The van der Waals surface area contributed by atoms with Crippen molar-refractivity contribution in [2.24, 2.45) is 5.73 Å². The summed E-state index contributed by atoms with van der Waals surface area (Å²) in [5, 5.41) is 0. The van der Waals surface area contributed by atoms with E-state index in [1.54, 1.807) is 6.07 Å². The number of hydrogen-bond acceptors (Lipinski definition) is 1. The first kappa shape index (κ1) is 13.5. The van der Waals surface area contributed by atoms with E-state index >= 15 is 0 Å². The molecule has 0 aromatic heterocycles. The highest BCUT2D eigenvalue weighted by Gasteiger charge is 2.31. The quantitative estimate of drug-likeness (QED) is 0.885. The fraction of sp³-hybridized carbons (Fsp3) is 0.455. The van der Waals surface area contributed by atoms with E-state index in [0.29, 0.717) is 16.5 Å². The van der Waals surface area contributed by atoms with E-state index in [4.69, 9.17) is 5.73 Å². The van der Waals surface area contributed by atoms with Crippen LogP contribution in [0.15, 0.2) is 22.7 Å². The van der Waals surface area contributed by atoms with Crippen LogP contribution in [0.2, 0.25) is 0 Å². The molecule has 0 saturated carbocycles. The summed E-state index contributed by atoms with van der Waals surface area (Å²) in [7, 11) is 0. The molecule has 0 aliphatic heterocycles. The standard InChI is InChI=1S/C11H13BrF3N/c1-2-3-10(16)7-4-8(11(13,14)15)6-9(12)5-7/h4-6,10H,2-3,16H2,1H3/t10-/m1/s1. The van der Waals surface area contributed by atoms with E-state index in [-0.39, 0.29) is 6.04 Å². The maximum absolute atomic E-state index is 12.5. The number of alkyl halides is 3. The number of benzene rings is 1. The molecule has 1 atom stereocenters. The van der Waals surface area contributed by atoms with E-state index in [9.17, 15) is 13.2 Å². The van der Waals surface area contributed by atoms with Gasteiger partial charge in [-0.15, -0.1) is 0 Å². The SMILES string of the molecule is CCC[C@@H](N)c1cc(Br)cc(C(F)(F)F)c1. The Morgan fingerprint density at radius 3 is 2.44 bits per heavy atom. The van der Waals surface area contributed by atoms with Crippen molar-refractivity contribution in [3.63, 3.8) is 0 Å². The van der Waals surface area contributed by atoms with Gasteiger partial charge in [0, 0.05) is 10.5 Å². The molecule has 16 heavy (non-hydrogen) atoms. The lowest BCUT2D eigenvalue weighted by atomic mass is 10.0. The normalized spacial score (nSPS) is 13.9. The minimum absolute atomic E-state index is 0.344.